The van der Waals surface area contributed by atoms with Crippen molar-refractivity contribution < 1.29 is 0 Å². The van der Waals surface area contributed by atoms with E-state index in [1.807, 2.05) is 0 Å². The van der Waals surface area contributed by atoms with Crippen molar-refractivity contribution in [2.45, 2.75) is 33.1 Å². The van der Waals surface area contributed by atoms with Gasteiger partial charge in [0.1, 0.15) is 0 Å². The van der Waals surface area contributed by atoms with Gasteiger partial charge >= 0.3 is 0 Å². The van der Waals surface area contributed by atoms with E-state index in [0.29, 0.717) is 5.41 Å². The normalized spacial score (nSPS) is 20.3. The van der Waals surface area contributed by atoms with E-state index in [0.717, 1.165) is 0 Å². The van der Waals surface area contributed by atoms with Gasteiger partial charge < -0.3 is 0 Å². The zero-order valence-electron chi connectivity index (χ0n) is 9.09. The molecule has 2 rings (SSSR count). The predicted octanol–water partition coefficient (Wildman–Crippen LogP) is 4.28. The van der Waals surface area contributed by atoms with Crippen LogP contribution in [0.15, 0.2) is 36.4 Å². The first kappa shape index (κ1) is 9.51. The zero-order chi connectivity index (χ0) is 10.0. The number of rotatable bonds is 1. The Morgan fingerprint density at radius 1 is 1.07 bits per heavy atom. The monoisotopic (exact) mass is 186 g/mol. The SMILES string of the molecule is CC1(C)CCC=C(c2ccccc2)C1. The van der Waals surface area contributed by atoms with Crippen LogP contribution in [0, 0.1) is 5.41 Å². The van der Waals surface area contributed by atoms with E-state index < -0.39 is 0 Å². The molecule has 1 aromatic rings. The Bertz CT molecular complexity index is 330. The third-order valence-electron chi connectivity index (χ3n) is 3.03. The van der Waals surface area contributed by atoms with Crippen LogP contribution in [0.3, 0.4) is 0 Å². The molecule has 0 radical (unpaired) electrons. The second kappa shape index (κ2) is 3.61. The molecule has 0 fully saturated rings. The summed E-state index contributed by atoms with van der Waals surface area (Å²) in [6.45, 7) is 4.73. The maximum Gasteiger partial charge on any atom is -0.0224 e. The van der Waals surface area contributed by atoms with Gasteiger partial charge in [-0.2, -0.15) is 0 Å². The highest BCUT2D eigenvalue weighted by atomic mass is 14.3. The van der Waals surface area contributed by atoms with Crippen LogP contribution in [-0.2, 0) is 0 Å². The number of benzene rings is 1. The molecule has 0 heterocycles. The Kier molecular flexibility index (Phi) is 2.45. The van der Waals surface area contributed by atoms with Gasteiger partial charge in [-0.3, -0.25) is 0 Å². The van der Waals surface area contributed by atoms with Crippen molar-refractivity contribution in [2.75, 3.05) is 0 Å². The lowest BCUT2D eigenvalue weighted by Gasteiger charge is -2.29. The molecule has 1 aliphatic rings. The van der Waals surface area contributed by atoms with Crippen molar-refractivity contribution >= 4 is 5.57 Å². The summed E-state index contributed by atoms with van der Waals surface area (Å²) in [6.07, 6.45) is 6.18. The van der Waals surface area contributed by atoms with Gasteiger partial charge in [-0.1, -0.05) is 50.3 Å². The van der Waals surface area contributed by atoms with Crippen molar-refractivity contribution in [2.24, 2.45) is 5.41 Å². The molecule has 0 atom stereocenters. The Labute approximate surface area is 86.7 Å². The second-order valence-electron chi connectivity index (χ2n) is 4.98. The minimum atomic E-state index is 0.486. The van der Waals surface area contributed by atoms with E-state index in [9.17, 15) is 0 Å². The Hall–Kier alpha value is -1.04. The number of hydrogen-bond donors (Lipinski definition) is 0. The molecule has 74 valence electrons. The molecule has 0 N–H and O–H groups in total. The maximum atomic E-state index is 2.40. The van der Waals surface area contributed by atoms with Crippen LogP contribution in [0.1, 0.15) is 38.7 Å². The van der Waals surface area contributed by atoms with Crippen LogP contribution in [0.2, 0.25) is 0 Å². The molecule has 0 saturated heterocycles. The highest BCUT2D eigenvalue weighted by molar-refractivity contribution is 5.66. The third-order valence-corrected chi connectivity index (χ3v) is 3.03. The first-order valence-electron chi connectivity index (χ1n) is 5.42. The second-order valence-corrected chi connectivity index (χ2v) is 4.98. The average Bonchev–Trinajstić information content (AvgIpc) is 2.18. The van der Waals surface area contributed by atoms with Crippen LogP contribution in [0.25, 0.3) is 5.57 Å². The molecule has 1 aromatic carbocycles. The summed E-state index contributed by atoms with van der Waals surface area (Å²) in [5.74, 6) is 0. The lowest BCUT2D eigenvalue weighted by Crippen LogP contribution is -2.15. The standard InChI is InChI=1S/C14H18/c1-14(2)10-6-9-13(11-14)12-7-4-3-5-8-12/h3-5,7-9H,6,10-11H2,1-2H3. The quantitative estimate of drug-likeness (QED) is 0.614. The molecule has 0 saturated carbocycles. The van der Waals surface area contributed by atoms with E-state index in [1.54, 1.807) is 0 Å². The molecule has 14 heavy (non-hydrogen) atoms. The van der Waals surface area contributed by atoms with E-state index in [1.165, 1.54) is 30.4 Å². The number of hydrogen-bond acceptors (Lipinski definition) is 0. The van der Waals surface area contributed by atoms with E-state index in [-0.39, 0.29) is 0 Å². The van der Waals surface area contributed by atoms with Gasteiger partial charge in [0.05, 0.1) is 0 Å². The van der Waals surface area contributed by atoms with Crippen LogP contribution in [0.4, 0.5) is 0 Å². The van der Waals surface area contributed by atoms with Crippen LogP contribution >= 0.6 is 0 Å². The molecule has 0 amide bonds. The fourth-order valence-corrected chi connectivity index (χ4v) is 2.19. The average molecular weight is 186 g/mol. The number of allylic oxidation sites excluding steroid dienone is 2. The van der Waals surface area contributed by atoms with Gasteiger partial charge in [0.25, 0.3) is 0 Å². The summed E-state index contributed by atoms with van der Waals surface area (Å²) < 4.78 is 0. The highest BCUT2D eigenvalue weighted by Gasteiger charge is 2.22. The molecule has 1 aliphatic carbocycles. The van der Waals surface area contributed by atoms with E-state index in [2.05, 4.69) is 50.3 Å². The van der Waals surface area contributed by atoms with Crippen molar-refractivity contribution in [1.29, 1.82) is 0 Å². The van der Waals surface area contributed by atoms with Gasteiger partial charge in [0.15, 0.2) is 0 Å². The van der Waals surface area contributed by atoms with Crippen molar-refractivity contribution in [3.8, 4) is 0 Å². The summed E-state index contributed by atoms with van der Waals surface area (Å²) in [5.41, 5.74) is 3.42. The minimum Gasteiger partial charge on any atom is -0.0807 e. The molecule has 0 bridgehead atoms. The van der Waals surface area contributed by atoms with Crippen molar-refractivity contribution in [3.63, 3.8) is 0 Å². The first-order valence-corrected chi connectivity index (χ1v) is 5.42. The van der Waals surface area contributed by atoms with Crippen LogP contribution < -0.4 is 0 Å². The van der Waals surface area contributed by atoms with Crippen molar-refractivity contribution in [1.82, 2.24) is 0 Å². The molecule has 0 heteroatoms. The lowest BCUT2D eigenvalue weighted by molar-refractivity contribution is 0.338. The molecule has 0 aromatic heterocycles. The van der Waals surface area contributed by atoms with Gasteiger partial charge in [-0.25, -0.2) is 0 Å². The fraction of sp³-hybridized carbons (Fsp3) is 0.429. The molecular formula is C14H18. The largest absolute Gasteiger partial charge is 0.0807 e. The van der Waals surface area contributed by atoms with Gasteiger partial charge in [0.2, 0.25) is 0 Å². The molecular weight excluding hydrogens is 168 g/mol. The van der Waals surface area contributed by atoms with Crippen LogP contribution in [0.5, 0.6) is 0 Å². The lowest BCUT2D eigenvalue weighted by atomic mass is 9.76. The first-order chi connectivity index (χ1) is 6.67. The summed E-state index contributed by atoms with van der Waals surface area (Å²) in [5, 5.41) is 0. The van der Waals surface area contributed by atoms with Crippen LogP contribution in [-0.4, -0.2) is 0 Å². The smallest absolute Gasteiger partial charge is 0.0224 e. The minimum absolute atomic E-state index is 0.486. The fourth-order valence-electron chi connectivity index (χ4n) is 2.19. The zero-order valence-corrected chi connectivity index (χ0v) is 9.09. The molecule has 0 aliphatic heterocycles. The maximum absolute atomic E-state index is 2.40. The highest BCUT2D eigenvalue weighted by Crippen LogP contribution is 2.39. The summed E-state index contributed by atoms with van der Waals surface area (Å²) in [7, 11) is 0. The summed E-state index contributed by atoms with van der Waals surface area (Å²) in [4.78, 5) is 0. The summed E-state index contributed by atoms with van der Waals surface area (Å²) >= 11 is 0. The molecule has 0 nitrogen and oxygen atoms in total. The van der Waals surface area contributed by atoms with Gasteiger partial charge in [0, 0.05) is 0 Å². The van der Waals surface area contributed by atoms with Crippen molar-refractivity contribution in [3.05, 3.63) is 42.0 Å². The Morgan fingerprint density at radius 2 is 1.79 bits per heavy atom. The Morgan fingerprint density at radius 3 is 2.43 bits per heavy atom. The van der Waals surface area contributed by atoms with Gasteiger partial charge in [-0.15, -0.1) is 0 Å². The van der Waals surface area contributed by atoms with E-state index in [4.69, 9.17) is 0 Å². The molecule has 0 unspecified atom stereocenters. The third kappa shape index (κ3) is 2.06. The van der Waals surface area contributed by atoms with Gasteiger partial charge in [-0.05, 0) is 35.8 Å². The summed E-state index contributed by atoms with van der Waals surface area (Å²) in [6, 6.07) is 10.8. The van der Waals surface area contributed by atoms with E-state index >= 15 is 0 Å². The predicted molar refractivity (Wildman–Crippen MR) is 62.1 cm³/mol. The Balaban J connectivity index is 2.24. The topological polar surface area (TPSA) is 0 Å². The molecule has 0 spiro atoms.